The maximum Gasteiger partial charge on any atom is 0.254 e. The van der Waals surface area contributed by atoms with Gasteiger partial charge in [-0.1, -0.05) is 6.07 Å². The van der Waals surface area contributed by atoms with E-state index in [1.165, 1.54) is 36.7 Å². The lowest BCUT2D eigenvalue weighted by Crippen LogP contribution is -2.39. The summed E-state index contributed by atoms with van der Waals surface area (Å²) in [5.41, 5.74) is 0.759. The number of likely N-dealkylation sites (tertiary alicyclic amines) is 1. The Morgan fingerprint density at radius 2 is 2.10 bits per heavy atom. The highest BCUT2D eigenvalue weighted by atomic mass is 32.2. The monoisotopic (exact) mass is 444 g/mol. The second-order valence-corrected chi connectivity index (χ2v) is 9.36. The van der Waals surface area contributed by atoms with E-state index < -0.39 is 21.7 Å². The van der Waals surface area contributed by atoms with Gasteiger partial charge in [-0.15, -0.1) is 0 Å². The Hall–Kier alpha value is -3.27. The number of halogens is 1. The highest BCUT2D eigenvalue weighted by Gasteiger charge is 2.33. The first-order chi connectivity index (χ1) is 14.8. The number of pyridine rings is 1. The molecule has 31 heavy (non-hydrogen) atoms. The van der Waals surface area contributed by atoms with Crippen LogP contribution in [0.2, 0.25) is 0 Å². The Kier molecular flexibility index (Phi) is 5.73. The molecule has 10 heteroatoms. The van der Waals surface area contributed by atoms with E-state index in [1.54, 1.807) is 17.0 Å². The van der Waals surface area contributed by atoms with Gasteiger partial charge in [-0.25, -0.2) is 17.8 Å². The predicted octanol–water partition coefficient (Wildman–Crippen LogP) is 3.51. The summed E-state index contributed by atoms with van der Waals surface area (Å²) >= 11 is 0. The number of hydrogen-bond acceptors (Lipinski definition) is 6. The Balaban J connectivity index is 1.61. The Morgan fingerprint density at radius 1 is 1.26 bits per heavy atom. The standard InChI is InChI=1S/C21H21FN4O4S/c1-31(28,29)18-13-24-25-20(18)17-7-2-3-10-26(17)21(27)14-8-9-23-19(11-14)30-16-6-4-5-15(22)12-16/h4-6,8-9,11-13,17H,2-3,7,10H2,1H3,(H,24,25)/t17-/m1/s1. The quantitative estimate of drug-likeness (QED) is 0.646. The summed E-state index contributed by atoms with van der Waals surface area (Å²) in [4.78, 5) is 19.2. The second kappa shape index (κ2) is 8.46. The highest BCUT2D eigenvalue weighted by Crippen LogP contribution is 2.34. The van der Waals surface area contributed by atoms with Crippen molar-refractivity contribution in [3.8, 4) is 11.6 Å². The van der Waals surface area contributed by atoms with Gasteiger partial charge in [0.1, 0.15) is 16.5 Å². The third-order valence-corrected chi connectivity index (χ3v) is 6.25. The van der Waals surface area contributed by atoms with Crippen LogP contribution in [0, 0.1) is 5.82 Å². The van der Waals surface area contributed by atoms with E-state index >= 15 is 0 Å². The lowest BCUT2D eigenvalue weighted by molar-refractivity contribution is 0.0602. The van der Waals surface area contributed by atoms with Crippen LogP contribution < -0.4 is 4.74 Å². The third kappa shape index (κ3) is 4.58. The Bertz CT molecular complexity index is 1210. The molecule has 2 aromatic heterocycles. The molecule has 3 heterocycles. The lowest BCUT2D eigenvalue weighted by Gasteiger charge is -2.35. The first kappa shape index (κ1) is 21.0. The average Bonchev–Trinajstić information content (AvgIpc) is 3.24. The van der Waals surface area contributed by atoms with Crippen LogP contribution in [-0.2, 0) is 9.84 Å². The van der Waals surface area contributed by atoms with Crippen LogP contribution in [0.4, 0.5) is 4.39 Å². The number of nitrogens with one attached hydrogen (secondary N) is 1. The summed E-state index contributed by atoms with van der Waals surface area (Å²) in [6, 6.07) is 8.25. The van der Waals surface area contributed by atoms with Gasteiger partial charge in [0.15, 0.2) is 9.84 Å². The minimum atomic E-state index is -3.49. The lowest BCUT2D eigenvalue weighted by atomic mass is 9.98. The van der Waals surface area contributed by atoms with Crippen LogP contribution in [0.25, 0.3) is 0 Å². The van der Waals surface area contributed by atoms with Crippen molar-refractivity contribution in [2.24, 2.45) is 0 Å². The first-order valence-corrected chi connectivity index (χ1v) is 11.7. The number of aromatic nitrogens is 3. The van der Waals surface area contributed by atoms with Crippen LogP contribution >= 0.6 is 0 Å². The van der Waals surface area contributed by atoms with Gasteiger partial charge in [-0.05, 0) is 37.5 Å². The van der Waals surface area contributed by atoms with Crippen LogP contribution in [0.5, 0.6) is 11.6 Å². The van der Waals surface area contributed by atoms with Gasteiger partial charge in [0.2, 0.25) is 5.88 Å². The van der Waals surface area contributed by atoms with E-state index in [0.29, 0.717) is 24.2 Å². The summed E-state index contributed by atoms with van der Waals surface area (Å²) in [6.45, 7) is 0.480. The summed E-state index contributed by atoms with van der Waals surface area (Å²) in [5, 5.41) is 6.67. The molecule has 1 atom stereocenters. The number of carbonyl (C=O) groups is 1. The molecule has 1 saturated heterocycles. The number of amides is 1. The molecule has 0 bridgehead atoms. The van der Waals surface area contributed by atoms with Crippen molar-refractivity contribution in [3.05, 3.63) is 65.9 Å². The fourth-order valence-corrected chi connectivity index (χ4v) is 4.53. The number of piperidine rings is 1. The molecule has 8 nitrogen and oxygen atoms in total. The molecular weight excluding hydrogens is 423 g/mol. The largest absolute Gasteiger partial charge is 0.439 e. The van der Waals surface area contributed by atoms with E-state index in [2.05, 4.69) is 15.2 Å². The smallest absolute Gasteiger partial charge is 0.254 e. The molecule has 0 aliphatic carbocycles. The maximum absolute atomic E-state index is 13.4. The minimum absolute atomic E-state index is 0.0991. The zero-order chi connectivity index (χ0) is 22.0. The summed E-state index contributed by atoms with van der Waals surface area (Å²) in [7, 11) is -3.49. The van der Waals surface area contributed by atoms with Gasteiger partial charge in [0.25, 0.3) is 5.91 Å². The number of carbonyl (C=O) groups excluding carboxylic acids is 1. The number of rotatable bonds is 5. The molecule has 162 valence electrons. The zero-order valence-corrected chi connectivity index (χ0v) is 17.6. The zero-order valence-electron chi connectivity index (χ0n) is 16.8. The fraction of sp³-hybridized carbons (Fsp3) is 0.286. The number of benzene rings is 1. The molecule has 1 aromatic carbocycles. The van der Waals surface area contributed by atoms with Crippen molar-refractivity contribution in [2.45, 2.75) is 30.2 Å². The Morgan fingerprint density at radius 3 is 2.87 bits per heavy atom. The fourth-order valence-electron chi connectivity index (χ4n) is 3.71. The van der Waals surface area contributed by atoms with Crippen molar-refractivity contribution in [2.75, 3.05) is 12.8 Å². The average molecular weight is 444 g/mol. The van der Waals surface area contributed by atoms with E-state index in [9.17, 15) is 17.6 Å². The normalized spacial score (nSPS) is 16.8. The van der Waals surface area contributed by atoms with E-state index in [-0.39, 0.29) is 22.4 Å². The van der Waals surface area contributed by atoms with Gasteiger partial charge < -0.3 is 9.64 Å². The molecule has 0 unspecified atom stereocenters. The number of sulfone groups is 1. The van der Waals surface area contributed by atoms with Crippen molar-refractivity contribution >= 4 is 15.7 Å². The maximum atomic E-state index is 13.4. The molecule has 1 fully saturated rings. The predicted molar refractivity (Wildman–Crippen MR) is 110 cm³/mol. The van der Waals surface area contributed by atoms with Crippen molar-refractivity contribution in [1.82, 2.24) is 20.1 Å². The highest BCUT2D eigenvalue weighted by molar-refractivity contribution is 7.90. The molecule has 4 rings (SSSR count). The molecule has 1 aliphatic rings. The molecule has 1 amide bonds. The molecule has 1 N–H and O–H groups in total. The number of hydrogen-bond donors (Lipinski definition) is 1. The van der Waals surface area contributed by atoms with Crippen LogP contribution in [0.15, 0.2) is 53.7 Å². The van der Waals surface area contributed by atoms with Crippen molar-refractivity contribution in [1.29, 1.82) is 0 Å². The summed E-state index contributed by atoms with van der Waals surface area (Å²) in [6.07, 6.45) is 6.13. The second-order valence-electron chi connectivity index (χ2n) is 7.37. The number of ether oxygens (including phenoxy) is 1. The van der Waals surface area contributed by atoms with Gasteiger partial charge in [-0.3, -0.25) is 9.89 Å². The van der Waals surface area contributed by atoms with Gasteiger partial charge >= 0.3 is 0 Å². The molecule has 0 radical (unpaired) electrons. The number of aromatic amines is 1. The van der Waals surface area contributed by atoms with Gasteiger partial charge in [-0.2, -0.15) is 5.10 Å². The molecular formula is C21H21FN4O4S. The molecule has 0 spiro atoms. The minimum Gasteiger partial charge on any atom is -0.439 e. The van der Waals surface area contributed by atoms with Crippen LogP contribution in [0.3, 0.4) is 0 Å². The summed E-state index contributed by atoms with van der Waals surface area (Å²) < 4.78 is 43.2. The first-order valence-electron chi connectivity index (χ1n) is 9.77. The molecule has 3 aromatic rings. The van der Waals surface area contributed by atoms with E-state index in [1.807, 2.05) is 0 Å². The third-order valence-electron chi connectivity index (χ3n) is 5.13. The van der Waals surface area contributed by atoms with E-state index in [4.69, 9.17) is 4.74 Å². The molecule has 1 aliphatic heterocycles. The van der Waals surface area contributed by atoms with Crippen molar-refractivity contribution in [3.63, 3.8) is 0 Å². The van der Waals surface area contributed by atoms with Gasteiger partial charge in [0.05, 0.1) is 17.9 Å². The van der Waals surface area contributed by atoms with Crippen molar-refractivity contribution < 1.29 is 22.3 Å². The summed E-state index contributed by atoms with van der Waals surface area (Å²) in [5.74, 6) is -0.293. The topological polar surface area (TPSA) is 105 Å². The SMILES string of the molecule is CS(=O)(=O)c1cn[nH]c1[C@H]1CCCCN1C(=O)c1ccnc(Oc2cccc(F)c2)c1. The van der Waals surface area contributed by atoms with Crippen LogP contribution in [-0.4, -0.2) is 47.2 Å². The van der Waals surface area contributed by atoms with Crippen LogP contribution in [0.1, 0.15) is 41.4 Å². The Labute approximate surface area is 179 Å². The molecule has 0 saturated carbocycles. The number of nitrogens with zero attached hydrogens (tertiary/aromatic N) is 3. The van der Waals surface area contributed by atoms with E-state index in [0.717, 1.165) is 19.1 Å². The number of H-pyrrole nitrogens is 1. The van der Waals surface area contributed by atoms with Gasteiger partial charge in [0, 0.05) is 36.7 Å².